The first-order chi connectivity index (χ1) is 12.0. The highest BCUT2D eigenvalue weighted by atomic mass is 32.4. The summed E-state index contributed by atoms with van der Waals surface area (Å²) in [6.07, 6.45) is 0. The molecule has 0 saturated heterocycles. The second-order valence-electron chi connectivity index (χ2n) is 6.28. The molecule has 0 unspecified atom stereocenters. The number of aryl methyl sites for hydroxylation is 2. The summed E-state index contributed by atoms with van der Waals surface area (Å²) in [5.74, 6) is 0. The van der Waals surface area contributed by atoms with E-state index in [0.29, 0.717) is 0 Å². The third-order valence-electron chi connectivity index (χ3n) is 4.68. The molecule has 0 bridgehead atoms. The summed E-state index contributed by atoms with van der Waals surface area (Å²) < 4.78 is 0. The van der Waals surface area contributed by atoms with Gasteiger partial charge in [0, 0.05) is 5.56 Å². The first-order valence-electron chi connectivity index (χ1n) is 8.29. The minimum Gasteiger partial charge on any atom is -0.287 e. The molecule has 3 aromatic carbocycles. The van der Waals surface area contributed by atoms with Crippen molar-refractivity contribution in [1.82, 2.24) is 0 Å². The van der Waals surface area contributed by atoms with E-state index in [-0.39, 0.29) is 5.52 Å². The molecule has 3 heteroatoms. The van der Waals surface area contributed by atoms with Crippen molar-refractivity contribution < 1.29 is 4.79 Å². The molecule has 0 amide bonds. The molecule has 0 aromatic heterocycles. The zero-order valence-corrected chi connectivity index (χ0v) is 16.4. The molecule has 3 aromatic rings. The van der Waals surface area contributed by atoms with Crippen LogP contribution in [-0.4, -0.2) is 5.52 Å². The first kappa shape index (κ1) is 17.8. The Morgan fingerprint density at radius 1 is 0.720 bits per heavy atom. The van der Waals surface area contributed by atoms with Crippen molar-refractivity contribution >= 4 is 34.0 Å². The van der Waals surface area contributed by atoms with E-state index in [1.54, 1.807) is 0 Å². The molecule has 0 fully saturated rings. The number of hydrogen-bond acceptors (Lipinski definition) is 2. The van der Waals surface area contributed by atoms with E-state index in [9.17, 15) is 4.79 Å². The summed E-state index contributed by atoms with van der Waals surface area (Å²) in [5.41, 5.74) is 4.02. The molecule has 0 aliphatic carbocycles. The minimum atomic E-state index is -2.62. The third-order valence-corrected chi connectivity index (χ3v) is 9.29. The van der Waals surface area contributed by atoms with E-state index in [2.05, 4.69) is 6.07 Å². The Labute approximate surface area is 154 Å². The van der Waals surface area contributed by atoms with Crippen LogP contribution in [0.15, 0.2) is 72.8 Å². The van der Waals surface area contributed by atoms with Gasteiger partial charge in [0.15, 0.2) is 0 Å². The van der Waals surface area contributed by atoms with Crippen molar-refractivity contribution in [1.29, 1.82) is 0 Å². The number of hydrogen-bond donors (Lipinski definition) is 0. The Kier molecular flexibility index (Phi) is 5.03. The van der Waals surface area contributed by atoms with Crippen LogP contribution >= 0.6 is 6.04 Å². The van der Waals surface area contributed by atoms with Gasteiger partial charge in [0.05, 0.1) is 6.04 Å². The predicted molar refractivity (Wildman–Crippen MR) is 111 cm³/mol. The molecule has 0 heterocycles. The average molecular weight is 364 g/mol. The van der Waals surface area contributed by atoms with Crippen molar-refractivity contribution in [2.24, 2.45) is 0 Å². The smallest absolute Gasteiger partial charge is 0.202 e. The van der Waals surface area contributed by atoms with Gasteiger partial charge in [0.2, 0.25) is 5.52 Å². The van der Waals surface area contributed by atoms with Gasteiger partial charge < -0.3 is 0 Å². The SMILES string of the molecule is Cc1ccc(C)c(C(=O)P(=S)(c2ccccc2)c2ccccc2)c1C. The quantitative estimate of drug-likeness (QED) is 0.614. The molecule has 0 spiro atoms. The molecule has 0 N–H and O–H groups in total. The van der Waals surface area contributed by atoms with Crippen molar-refractivity contribution in [2.75, 3.05) is 0 Å². The average Bonchev–Trinajstić information content (AvgIpc) is 2.65. The van der Waals surface area contributed by atoms with Crippen LogP contribution in [0.2, 0.25) is 0 Å². The minimum absolute atomic E-state index is 0.0820. The Hall–Kier alpha value is -2.02. The lowest BCUT2D eigenvalue weighted by Gasteiger charge is -2.24. The zero-order chi connectivity index (χ0) is 18.0. The van der Waals surface area contributed by atoms with Crippen molar-refractivity contribution in [3.63, 3.8) is 0 Å². The van der Waals surface area contributed by atoms with Crippen molar-refractivity contribution in [2.45, 2.75) is 20.8 Å². The van der Waals surface area contributed by atoms with Gasteiger partial charge in [-0.05, 0) is 48.1 Å². The lowest BCUT2D eigenvalue weighted by molar-refractivity contribution is 0.108. The lowest BCUT2D eigenvalue weighted by atomic mass is 9.99. The van der Waals surface area contributed by atoms with Gasteiger partial charge in [0.25, 0.3) is 0 Å². The molecule has 1 nitrogen and oxygen atoms in total. The summed E-state index contributed by atoms with van der Waals surface area (Å²) in [4.78, 5) is 13.8. The standard InChI is InChI=1S/C22H21OPS/c1-16-14-15-17(2)21(18(16)3)22(23)24(25,19-10-6-4-7-11-19)20-12-8-5-9-13-20/h4-15H,1-3H3. The largest absolute Gasteiger partial charge is 0.287 e. The fraction of sp³-hybridized carbons (Fsp3) is 0.136. The van der Waals surface area contributed by atoms with E-state index in [4.69, 9.17) is 11.8 Å². The van der Waals surface area contributed by atoms with Crippen LogP contribution in [0.5, 0.6) is 0 Å². The third kappa shape index (κ3) is 3.13. The maximum atomic E-state index is 13.8. The van der Waals surface area contributed by atoms with Crippen LogP contribution in [0.1, 0.15) is 27.0 Å². The molecule has 25 heavy (non-hydrogen) atoms. The highest BCUT2D eigenvalue weighted by molar-refractivity contribution is 8.30. The van der Waals surface area contributed by atoms with Gasteiger partial charge in [-0.1, -0.05) is 84.6 Å². The van der Waals surface area contributed by atoms with Gasteiger partial charge in [-0.25, -0.2) is 0 Å². The fourth-order valence-electron chi connectivity index (χ4n) is 3.10. The van der Waals surface area contributed by atoms with Gasteiger partial charge in [-0.15, -0.1) is 0 Å². The zero-order valence-electron chi connectivity index (χ0n) is 14.7. The normalized spacial score (nSPS) is 11.3. The summed E-state index contributed by atoms with van der Waals surface area (Å²) in [5, 5.41) is 1.89. The molecule has 0 atom stereocenters. The van der Waals surface area contributed by atoms with Gasteiger partial charge >= 0.3 is 0 Å². The van der Waals surface area contributed by atoms with Crippen LogP contribution in [-0.2, 0) is 11.8 Å². The van der Waals surface area contributed by atoms with Crippen LogP contribution in [0.4, 0.5) is 0 Å². The number of rotatable bonds is 4. The monoisotopic (exact) mass is 364 g/mol. The number of benzene rings is 3. The number of carbonyl (C=O) groups is 1. The number of carbonyl (C=O) groups excluding carboxylic acids is 1. The molecule has 0 aliphatic heterocycles. The van der Waals surface area contributed by atoms with E-state index in [0.717, 1.165) is 32.9 Å². The van der Waals surface area contributed by atoms with Crippen LogP contribution < -0.4 is 10.6 Å². The van der Waals surface area contributed by atoms with Crippen LogP contribution in [0, 0.1) is 20.8 Å². The van der Waals surface area contributed by atoms with E-state index < -0.39 is 6.04 Å². The van der Waals surface area contributed by atoms with Crippen LogP contribution in [0.3, 0.4) is 0 Å². The molecule has 126 valence electrons. The Morgan fingerprint density at radius 3 is 1.64 bits per heavy atom. The van der Waals surface area contributed by atoms with Gasteiger partial charge in [0.1, 0.15) is 0 Å². The topological polar surface area (TPSA) is 17.1 Å². The molecular weight excluding hydrogens is 343 g/mol. The molecule has 3 rings (SSSR count). The lowest BCUT2D eigenvalue weighted by Crippen LogP contribution is -2.23. The first-order valence-corrected chi connectivity index (χ1v) is 11.1. The highest BCUT2D eigenvalue weighted by Gasteiger charge is 2.33. The summed E-state index contributed by atoms with van der Waals surface area (Å²) in [6.45, 7) is 6.06. The van der Waals surface area contributed by atoms with Gasteiger partial charge in [-0.2, -0.15) is 0 Å². The Balaban J connectivity index is 2.30. The van der Waals surface area contributed by atoms with Gasteiger partial charge in [-0.3, -0.25) is 4.79 Å². The summed E-state index contributed by atoms with van der Waals surface area (Å²) in [7, 11) is 0. The molecule has 0 aliphatic rings. The predicted octanol–water partition coefficient (Wildman–Crippen LogP) is 4.88. The van der Waals surface area contributed by atoms with E-state index >= 15 is 0 Å². The van der Waals surface area contributed by atoms with E-state index in [1.165, 1.54) is 0 Å². The van der Waals surface area contributed by atoms with E-state index in [1.807, 2.05) is 87.5 Å². The summed E-state index contributed by atoms with van der Waals surface area (Å²) in [6, 6.07) is 21.2. The summed E-state index contributed by atoms with van der Waals surface area (Å²) >= 11 is 6.16. The maximum absolute atomic E-state index is 13.8. The van der Waals surface area contributed by atoms with Crippen molar-refractivity contribution in [3.05, 3.63) is 95.1 Å². The molecular formula is C22H21OPS. The highest BCUT2D eigenvalue weighted by Crippen LogP contribution is 2.48. The maximum Gasteiger partial charge on any atom is 0.202 e. The molecule has 0 radical (unpaired) electrons. The van der Waals surface area contributed by atoms with Crippen LogP contribution in [0.25, 0.3) is 0 Å². The van der Waals surface area contributed by atoms with Crippen molar-refractivity contribution in [3.8, 4) is 0 Å². The Bertz CT molecular complexity index is 919. The Morgan fingerprint density at radius 2 is 1.16 bits per heavy atom. The second kappa shape index (κ2) is 7.07. The fourth-order valence-corrected chi connectivity index (χ4v) is 6.71. The second-order valence-corrected chi connectivity index (χ2v) is 10.6. The molecule has 0 saturated carbocycles.